The van der Waals surface area contributed by atoms with Crippen molar-refractivity contribution in [3.8, 4) is 11.4 Å². The van der Waals surface area contributed by atoms with E-state index in [9.17, 15) is 13.2 Å². The van der Waals surface area contributed by atoms with Gasteiger partial charge >= 0.3 is 6.36 Å². The molecule has 8 heteroatoms. The summed E-state index contributed by atoms with van der Waals surface area (Å²) in [5.74, 6) is -0.288. The molecule has 3 rings (SSSR count). The largest absolute Gasteiger partial charge is 0.573 e. The van der Waals surface area contributed by atoms with Gasteiger partial charge in [0.05, 0.1) is 11.4 Å². The van der Waals surface area contributed by atoms with Gasteiger partial charge in [-0.3, -0.25) is 0 Å². The lowest BCUT2D eigenvalue weighted by molar-refractivity contribution is -0.274. The Morgan fingerprint density at radius 3 is 2.46 bits per heavy atom. The van der Waals surface area contributed by atoms with E-state index in [0.29, 0.717) is 17.0 Å². The van der Waals surface area contributed by atoms with Gasteiger partial charge in [-0.25, -0.2) is 9.67 Å². The first kappa shape index (κ1) is 16.3. The monoisotopic (exact) mass is 336 g/mol. The fourth-order valence-corrected chi connectivity index (χ4v) is 2.59. The molecule has 0 aliphatic rings. The topological polar surface area (TPSA) is 66.0 Å². The summed E-state index contributed by atoms with van der Waals surface area (Å²) >= 11 is 0. The number of alkyl halides is 3. The van der Waals surface area contributed by atoms with Gasteiger partial charge in [-0.1, -0.05) is 6.92 Å². The highest BCUT2D eigenvalue weighted by Crippen LogP contribution is 2.27. The van der Waals surface area contributed by atoms with Gasteiger partial charge in [0.25, 0.3) is 0 Å². The molecular weight excluding hydrogens is 321 g/mol. The van der Waals surface area contributed by atoms with Gasteiger partial charge in [-0.05, 0) is 42.3 Å². The number of aromatic nitrogens is 3. The van der Waals surface area contributed by atoms with Crippen molar-refractivity contribution in [1.82, 2.24) is 14.8 Å². The molecule has 5 nitrogen and oxygen atoms in total. The molecule has 0 aliphatic carbocycles. The molecule has 2 aromatic heterocycles. The summed E-state index contributed by atoms with van der Waals surface area (Å²) in [7, 11) is 0. The first-order valence-corrected chi connectivity index (χ1v) is 7.34. The lowest BCUT2D eigenvalue weighted by atomic mass is 10.1. The van der Waals surface area contributed by atoms with Crippen LogP contribution in [0.4, 0.5) is 13.2 Å². The Balaban J connectivity index is 2.07. The summed E-state index contributed by atoms with van der Waals surface area (Å²) in [5, 5.41) is 5.34. The van der Waals surface area contributed by atoms with Crippen molar-refractivity contribution in [2.24, 2.45) is 5.73 Å². The molecule has 0 atom stereocenters. The number of hydrogen-bond donors (Lipinski definition) is 1. The van der Waals surface area contributed by atoms with Gasteiger partial charge in [0, 0.05) is 18.1 Å². The van der Waals surface area contributed by atoms with Crippen LogP contribution in [0, 0.1) is 0 Å². The molecule has 126 valence electrons. The summed E-state index contributed by atoms with van der Waals surface area (Å²) in [4.78, 5) is 4.35. The van der Waals surface area contributed by atoms with Crippen LogP contribution in [0.15, 0.2) is 36.5 Å². The quantitative estimate of drug-likeness (QED) is 0.793. The van der Waals surface area contributed by atoms with Crippen LogP contribution in [0.5, 0.6) is 5.75 Å². The zero-order valence-electron chi connectivity index (χ0n) is 12.8. The summed E-state index contributed by atoms with van der Waals surface area (Å²) in [6.45, 7) is 2.27. The number of nitrogens with zero attached hydrogens (tertiary/aromatic N) is 3. The van der Waals surface area contributed by atoms with Gasteiger partial charge < -0.3 is 10.5 Å². The van der Waals surface area contributed by atoms with Gasteiger partial charge in [0.15, 0.2) is 5.65 Å². The van der Waals surface area contributed by atoms with Gasteiger partial charge in [-0.2, -0.15) is 5.10 Å². The van der Waals surface area contributed by atoms with Crippen molar-refractivity contribution in [1.29, 1.82) is 0 Å². The second kappa shape index (κ2) is 6.12. The van der Waals surface area contributed by atoms with E-state index in [1.165, 1.54) is 24.3 Å². The molecule has 2 N–H and O–H groups in total. The van der Waals surface area contributed by atoms with E-state index in [-0.39, 0.29) is 12.3 Å². The fourth-order valence-electron chi connectivity index (χ4n) is 2.59. The molecular formula is C16H15F3N4O. The highest BCUT2D eigenvalue weighted by molar-refractivity contribution is 5.83. The van der Waals surface area contributed by atoms with Crippen LogP contribution in [0.3, 0.4) is 0 Å². The van der Waals surface area contributed by atoms with Crippen molar-refractivity contribution in [3.05, 3.63) is 47.8 Å². The SMILES string of the molecule is CCc1ccnc2c1c(CN)nn2-c1ccc(OC(F)(F)F)cc1. The first-order chi connectivity index (χ1) is 11.4. The Bertz CT molecular complexity index is 856. The molecule has 0 radical (unpaired) electrons. The first-order valence-electron chi connectivity index (χ1n) is 7.34. The molecule has 3 aromatic rings. The number of benzene rings is 1. The smallest absolute Gasteiger partial charge is 0.406 e. The molecule has 0 fully saturated rings. The fraction of sp³-hybridized carbons (Fsp3) is 0.250. The standard InChI is InChI=1S/C16H15F3N4O/c1-2-10-7-8-21-15-14(10)13(9-20)22-23(15)11-3-5-12(6-4-11)24-16(17,18)19/h3-8H,2,9,20H2,1H3. The summed E-state index contributed by atoms with van der Waals surface area (Å²) in [6, 6.07) is 7.38. The average Bonchev–Trinajstić information content (AvgIpc) is 2.93. The number of pyridine rings is 1. The van der Waals surface area contributed by atoms with Crippen LogP contribution in [-0.2, 0) is 13.0 Å². The van der Waals surface area contributed by atoms with Crippen LogP contribution in [0.2, 0.25) is 0 Å². The molecule has 0 saturated heterocycles. The van der Waals surface area contributed by atoms with Gasteiger partial charge in [0.1, 0.15) is 5.75 Å². The maximum Gasteiger partial charge on any atom is 0.573 e. The molecule has 1 aromatic carbocycles. The minimum atomic E-state index is -4.72. The number of rotatable bonds is 4. The molecule has 24 heavy (non-hydrogen) atoms. The van der Waals surface area contributed by atoms with Crippen LogP contribution in [0.1, 0.15) is 18.2 Å². The van der Waals surface area contributed by atoms with E-state index < -0.39 is 6.36 Å². The lowest BCUT2D eigenvalue weighted by Crippen LogP contribution is -2.17. The molecule has 2 heterocycles. The Morgan fingerprint density at radius 2 is 1.88 bits per heavy atom. The Hall–Kier alpha value is -2.61. The number of fused-ring (bicyclic) bond motifs is 1. The predicted molar refractivity (Wildman–Crippen MR) is 82.8 cm³/mol. The van der Waals surface area contributed by atoms with E-state index in [1.807, 2.05) is 13.0 Å². The minimum absolute atomic E-state index is 0.247. The van der Waals surface area contributed by atoms with Crippen LogP contribution < -0.4 is 10.5 Å². The Labute approximate surface area is 135 Å². The number of halogens is 3. The molecule has 0 bridgehead atoms. The molecule has 0 aliphatic heterocycles. The second-order valence-corrected chi connectivity index (χ2v) is 5.13. The van der Waals surface area contributed by atoms with Crippen LogP contribution in [0.25, 0.3) is 16.7 Å². The van der Waals surface area contributed by atoms with Crippen molar-refractivity contribution < 1.29 is 17.9 Å². The lowest BCUT2D eigenvalue weighted by Gasteiger charge is -2.09. The normalized spacial score (nSPS) is 11.9. The maximum absolute atomic E-state index is 12.2. The number of hydrogen-bond acceptors (Lipinski definition) is 4. The zero-order valence-corrected chi connectivity index (χ0v) is 12.8. The third-order valence-corrected chi connectivity index (χ3v) is 3.62. The third kappa shape index (κ3) is 3.05. The summed E-state index contributed by atoms with van der Waals surface area (Å²) < 4.78 is 42.2. The second-order valence-electron chi connectivity index (χ2n) is 5.13. The Morgan fingerprint density at radius 1 is 1.17 bits per heavy atom. The zero-order chi connectivity index (χ0) is 17.3. The summed E-state index contributed by atoms with van der Waals surface area (Å²) in [6.07, 6.45) is -2.24. The molecule has 0 amide bonds. The van der Waals surface area contributed by atoms with Gasteiger partial charge in [-0.15, -0.1) is 13.2 Å². The Kier molecular flexibility index (Phi) is 4.15. The average molecular weight is 336 g/mol. The molecule has 0 unspecified atom stereocenters. The molecule has 0 spiro atoms. The van der Waals surface area contributed by atoms with Crippen molar-refractivity contribution in [3.63, 3.8) is 0 Å². The van der Waals surface area contributed by atoms with Crippen molar-refractivity contribution in [2.45, 2.75) is 26.3 Å². The molecule has 0 saturated carbocycles. The van der Waals surface area contributed by atoms with Crippen LogP contribution >= 0.6 is 0 Å². The van der Waals surface area contributed by atoms with E-state index in [1.54, 1.807) is 10.9 Å². The van der Waals surface area contributed by atoms with E-state index >= 15 is 0 Å². The minimum Gasteiger partial charge on any atom is -0.406 e. The maximum atomic E-state index is 12.2. The predicted octanol–water partition coefficient (Wildman–Crippen LogP) is 3.34. The van der Waals surface area contributed by atoms with Crippen LogP contribution in [-0.4, -0.2) is 21.1 Å². The third-order valence-electron chi connectivity index (χ3n) is 3.62. The number of ether oxygens (including phenoxy) is 1. The summed E-state index contributed by atoms with van der Waals surface area (Å²) in [5.41, 5.74) is 8.75. The highest BCUT2D eigenvalue weighted by Gasteiger charge is 2.31. The number of aryl methyl sites for hydroxylation is 1. The number of nitrogens with two attached hydrogens (primary N) is 1. The van der Waals surface area contributed by atoms with E-state index in [0.717, 1.165) is 17.4 Å². The van der Waals surface area contributed by atoms with Crippen molar-refractivity contribution in [2.75, 3.05) is 0 Å². The van der Waals surface area contributed by atoms with Crippen molar-refractivity contribution >= 4 is 11.0 Å². The van der Waals surface area contributed by atoms with E-state index in [2.05, 4.69) is 14.8 Å². The van der Waals surface area contributed by atoms with Gasteiger partial charge in [0.2, 0.25) is 0 Å². The van der Waals surface area contributed by atoms with E-state index in [4.69, 9.17) is 5.73 Å². The highest BCUT2D eigenvalue weighted by atomic mass is 19.4.